The molecule has 0 fully saturated rings. The van der Waals surface area contributed by atoms with Gasteiger partial charge in [0.2, 0.25) is 0 Å². The Morgan fingerprint density at radius 3 is 1.88 bits per heavy atom. The Bertz CT molecular complexity index is 586. The van der Waals surface area contributed by atoms with E-state index in [1.807, 2.05) is 0 Å². The van der Waals surface area contributed by atoms with E-state index < -0.39 is 39.3 Å². The molecule has 0 saturated carbocycles. The Labute approximate surface area is 136 Å². The molecule has 0 atom stereocenters. The van der Waals surface area contributed by atoms with Crippen LogP contribution in [0.15, 0.2) is 30.3 Å². The first kappa shape index (κ1) is 19.7. The molecular weight excluding hydrogens is 349 g/mol. The molecule has 0 spiro atoms. The van der Waals surface area contributed by atoms with Crippen molar-refractivity contribution in [3.05, 3.63) is 35.9 Å². The number of halogens is 3. The molecule has 0 bridgehead atoms. The van der Waals surface area contributed by atoms with E-state index in [-0.39, 0.29) is 6.04 Å². The van der Waals surface area contributed by atoms with Crippen molar-refractivity contribution in [2.45, 2.75) is 32.5 Å². The van der Waals surface area contributed by atoms with Crippen molar-refractivity contribution in [2.24, 2.45) is 0 Å². The Balaban J connectivity index is 3.12. The number of hydrogen-bond donors (Lipinski definition) is 0. The molecule has 1 rings (SSSR count). The van der Waals surface area contributed by atoms with Crippen LogP contribution in [0.25, 0.3) is 0 Å². The van der Waals surface area contributed by atoms with Gasteiger partial charge in [0.25, 0.3) is 11.9 Å². The van der Waals surface area contributed by atoms with Gasteiger partial charge in [-0.1, -0.05) is 30.3 Å². The summed E-state index contributed by atoms with van der Waals surface area (Å²) in [4.78, 5) is 34.1. The van der Waals surface area contributed by atoms with Gasteiger partial charge >= 0.3 is 21.0 Å². The van der Waals surface area contributed by atoms with E-state index in [1.165, 1.54) is 0 Å². The second-order valence-corrected chi connectivity index (χ2v) is 7.13. The third kappa shape index (κ3) is 7.27. The lowest BCUT2D eigenvalue weighted by Crippen LogP contribution is -2.52. The first-order valence-electron chi connectivity index (χ1n) is 6.73. The molecule has 1 aromatic rings. The van der Waals surface area contributed by atoms with Gasteiger partial charge in [0.05, 0.1) is 6.04 Å². The summed E-state index contributed by atoms with van der Waals surface area (Å²) in [5, 5.41) is 0. The minimum atomic E-state index is -4.81. The zero-order chi connectivity index (χ0) is 18.4. The molecule has 0 aliphatic rings. The van der Waals surface area contributed by atoms with Crippen molar-refractivity contribution < 1.29 is 40.8 Å². The van der Waals surface area contributed by atoms with E-state index in [0.29, 0.717) is 5.56 Å². The van der Waals surface area contributed by atoms with Crippen LogP contribution in [0.3, 0.4) is 0 Å². The molecule has 24 heavy (non-hydrogen) atoms. The predicted octanol–water partition coefficient (Wildman–Crippen LogP) is 2.33. The number of benzene rings is 1. The molecule has 10 heteroatoms. The molecule has 0 heterocycles. The van der Waals surface area contributed by atoms with Crippen LogP contribution in [0.1, 0.15) is 25.8 Å². The fourth-order valence-corrected chi connectivity index (χ4v) is 4.20. The summed E-state index contributed by atoms with van der Waals surface area (Å²) in [5.74, 6) is -3.58. The fourth-order valence-electron chi connectivity index (χ4n) is 1.83. The summed E-state index contributed by atoms with van der Waals surface area (Å²) in [5.41, 5.74) is 0.464. The highest BCUT2D eigenvalue weighted by Gasteiger charge is 2.53. The largest absolute Gasteiger partial charge is 0.709 e. The van der Waals surface area contributed by atoms with Gasteiger partial charge in [-0.3, -0.25) is 14.4 Å². The summed E-state index contributed by atoms with van der Waals surface area (Å²) in [6, 6.07) is 7.72. The molecular formula is C14H15F3O6Si. The number of carbonyl (C=O) groups excluding carboxylic acids is 3. The van der Waals surface area contributed by atoms with E-state index in [0.717, 1.165) is 13.8 Å². The third-order valence-corrected chi connectivity index (χ3v) is 5.05. The molecule has 0 aliphatic heterocycles. The Kier molecular flexibility index (Phi) is 6.52. The lowest BCUT2D eigenvalue weighted by Gasteiger charge is -2.27. The normalized spacial score (nSPS) is 11.5. The minimum absolute atomic E-state index is 0.323. The molecule has 1 aromatic carbocycles. The summed E-state index contributed by atoms with van der Waals surface area (Å²) >= 11 is 0. The van der Waals surface area contributed by atoms with E-state index >= 15 is 0 Å². The lowest BCUT2D eigenvalue weighted by molar-refractivity contribution is -0.168. The molecule has 0 saturated heterocycles. The van der Waals surface area contributed by atoms with Gasteiger partial charge in [0.1, 0.15) is 6.42 Å². The van der Waals surface area contributed by atoms with Crippen LogP contribution in [-0.2, 0) is 33.7 Å². The maximum absolute atomic E-state index is 12.3. The molecule has 0 aromatic heterocycles. The van der Waals surface area contributed by atoms with E-state index in [2.05, 4.69) is 0 Å². The van der Waals surface area contributed by atoms with Crippen LogP contribution < -0.4 is 0 Å². The second kappa shape index (κ2) is 7.95. The fraction of sp³-hybridized carbons (Fsp3) is 0.357. The smallest absolute Gasteiger partial charge is 0.455 e. The van der Waals surface area contributed by atoms with E-state index in [4.69, 9.17) is 13.3 Å². The van der Waals surface area contributed by atoms with Crippen molar-refractivity contribution in [3.8, 4) is 0 Å². The number of rotatable bonds is 6. The van der Waals surface area contributed by atoms with Crippen molar-refractivity contribution >= 4 is 26.7 Å². The van der Waals surface area contributed by atoms with Gasteiger partial charge in [-0.2, -0.15) is 13.2 Å². The lowest BCUT2D eigenvalue weighted by atomic mass is 10.2. The maximum atomic E-state index is 12.3. The number of carbonyl (C=O) groups is 3. The summed E-state index contributed by atoms with van der Waals surface area (Å²) in [6.07, 6.45) is -6.70. The molecule has 0 aliphatic carbocycles. The van der Waals surface area contributed by atoms with Gasteiger partial charge in [0, 0.05) is 13.8 Å². The third-order valence-electron chi connectivity index (χ3n) is 2.48. The molecule has 0 radical (unpaired) electrons. The molecule has 132 valence electrons. The summed E-state index contributed by atoms with van der Waals surface area (Å²) in [7, 11) is -4.37. The average Bonchev–Trinajstić information content (AvgIpc) is 2.34. The Morgan fingerprint density at radius 2 is 1.46 bits per heavy atom. The second-order valence-electron chi connectivity index (χ2n) is 4.80. The predicted molar refractivity (Wildman–Crippen MR) is 76.2 cm³/mol. The summed E-state index contributed by atoms with van der Waals surface area (Å²) in [6.45, 7) is 1.93. The van der Waals surface area contributed by atoms with Crippen LogP contribution in [-0.4, -0.2) is 32.9 Å². The molecule has 0 amide bonds. The van der Waals surface area contributed by atoms with Crippen LogP contribution in [0.5, 0.6) is 0 Å². The van der Waals surface area contributed by atoms with Gasteiger partial charge in [0.15, 0.2) is 0 Å². The minimum Gasteiger partial charge on any atom is -0.455 e. The topological polar surface area (TPSA) is 78.9 Å². The van der Waals surface area contributed by atoms with E-state index in [9.17, 15) is 27.6 Å². The van der Waals surface area contributed by atoms with Crippen molar-refractivity contribution in [3.63, 3.8) is 0 Å². The zero-order valence-electron chi connectivity index (χ0n) is 12.9. The quantitative estimate of drug-likeness (QED) is 0.721. The SMILES string of the molecule is CC(=O)O[Si](Cc1ccccc1)(OC(C)=O)OC(=O)CC(F)(F)F. The van der Waals surface area contributed by atoms with Gasteiger partial charge < -0.3 is 13.3 Å². The van der Waals surface area contributed by atoms with Crippen molar-refractivity contribution in [2.75, 3.05) is 0 Å². The molecule has 6 nitrogen and oxygen atoms in total. The molecule has 0 unspecified atom stereocenters. The Morgan fingerprint density at radius 1 is 0.958 bits per heavy atom. The van der Waals surface area contributed by atoms with Gasteiger partial charge in [-0.05, 0) is 5.56 Å². The highest BCUT2D eigenvalue weighted by molar-refractivity contribution is 6.65. The van der Waals surface area contributed by atoms with Crippen molar-refractivity contribution in [1.82, 2.24) is 0 Å². The van der Waals surface area contributed by atoms with Crippen LogP contribution in [0, 0.1) is 0 Å². The standard InChI is InChI=1S/C14H15F3O6Si/c1-10(18)21-24(22-11(2)19,9-12-6-4-3-5-7-12)23-13(20)8-14(15,16)17/h3-7H,8-9H2,1-2H3. The van der Waals surface area contributed by atoms with Gasteiger partial charge in [-0.25, -0.2) is 0 Å². The summed E-state index contributed by atoms with van der Waals surface area (Å²) < 4.78 is 51.5. The van der Waals surface area contributed by atoms with E-state index in [1.54, 1.807) is 30.3 Å². The molecule has 0 N–H and O–H groups in total. The highest BCUT2D eigenvalue weighted by Crippen LogP contribution is 2.24. The Hall–Kier alpha value is -2.36. The number of hydrogen-bond acceptors (Lipinski definition) is 6. The monoisotopic (exact) mass is 364 g/mol. The first-order valence-corrected chi connectivity index (χ1v) is 8.66. The maximum Gasteiger partial charge on any atom is 0.709 e. The zero-order valence-corrected chi connectivity index (χ0v) is 13.9. The highest BCUT2D eigenvalue weighted by atomic mass is 28.4. The van der Waals surface area contributed by atoms with Crippen LogP contribution in [0.4, 0.5) is 13.2 Å². The van der Waals surface area contributed by atoms with Gasteiger partial charge in [-0.15, -0.1) is 0 Å². The first-order chi connectivity index (χ1) is 11.0. The average molecular weight is 364 g/mol. The van der Waals surface area contributed by atoms with Crippen molar-refractivity contribution in [1.29, 1.82) is 0 Å². The van der Waals surface area contributed by atoms with Crippen LogP contribution >= 0.6 is 0 Å². The number of alkyl halides is 3. The van der Waals surface area contributed by atoms with Crippen LogP contribution in [0.2, 0.25) is 0 Å².